The van der Waals surface area contributed by atoms with E-state index >= 15 is 0 Å². The summed E-state index contributed by atoms with van der Waals surface area (Å²) in [6.45, 7) is -0.0561. The number of anilines is 2. The lowest BCUT2D eigenvalue weighted by atomic mass is 9.92. The van der Waals surface area contributed by atoms with E-state index in [4.69, 9.17) is 5.26 Å². The number of rotatable bonds is 6. The Morgan fingerprint density at radius 2 is 1.56 bits per heavy atom. The normalized spacial score (nSPS) is 12.8. The molecule has 0 unspecified atom stereocenters. The molecule has 0 bridgehead atoms. The zero-order valence-corrected chi connectivity index (χ0v) is 19.3. The van der Waals surface area contributed by atoms with Crippen LogP contribution in [-0.4, -0.2) is 24.8 Å². The Kier molecular flexibility index (Phi) is 8.38. The summed E-state index contributed by atoms with van der Waals surface area (Å²) in [6, 6.07) is 3.98. The summed E-state index contributed by atoms with van der Waals surface area (Å²) in [5.74, 6) is -2.80. The fourth-order valence-corrected chi connectivity index (χ4v) is 3.68. The Balaban J connectivity index is 2.62. The number of benzene rings is 2. The molecule has 0 spiro atoms. The number of amides is 1. The Bertz CT molecular complexity index is 1170. The van der Waals surface area contributed by atoms with Gasteiger partial charge in [-0.2, -0.15) is 44.8 Å². The molecule has 2 rings (SSSR count). The largest absolute Gasteiger partial charge is 0.435 e. The Hall–Kier alpha value is -2.84. The van der Waals surface area contributed by atoms with Gasteiger partial charge >= 0.3 is 24.2 Å². The minimum absolute atomic E-state index is 0.0561. The van der Waals surface area contributed by atoms with Crippen molar-refractivity contribution in [1.29, 1.82) is 5.26 Å². The zero-order valence-electron chi connectivity index (χ0n) is 17.2. The molecule has 0 radical (unpaired) electrons. The third-order valence-corrected chi connectivity index (χ3v) is 5.46. The van der Waals surface area contributed by atoms with Crippen LogP contribution in [0.3, 0.4) is 0 Å². The van der Waals surface area contributed by atoms with Crippen LogP contribution < -0.4 is 10.6 Å². The molecule has 0 saturated heterocycles. The third-order valence-electron chi connectivity index (χ3n) is 4.61. The van der Waals surface area contributed by atoms with Crippen LogP contribution in [-0.2, 0) is 11.8 Å². The van der Waals surface area contributed by atoms with Gasteiger partial charge in [-0.3, -0.25) is 4.79 Å². The molecule has 0 heterocycles. The van der Waals surface area contributed by atoms with E-state index < -0.39 is 67.9 Å². The fourth-order valence-electron chi connectivity index (χ4n) is 2.92. The van der Waals surface area contributed by atoms with Crippen molar-refractivity contribution in [3.63, 3.8) is 0 Å². The van der Waals surface area contributed by atoms with Crippen molar-refractivity contribution in [1.82, 2.24) is 0 Å². The maximum absolute atomic E-state index is 14.6. The molecule has 2 aromatic carbocycles. The van der Waals surface area contributed by atoms with Crippen LogP contribution in [0.5, 0.6) is 0 Å². The van der Waals surface area contributed by atoms with Crippen molar-refractivity contribution in [2.75, 3.05) is 17.2 Å². The summed E-state index contributed by atoms with van der Waals surface area (Å²) in [6.07, 6.45) is -19.1. The molecular formula is C20H11F11IN3O. The summed E-state index contributed by atoms with van der Waals surface area (Å²) in [5, 5.41) is 12.6. The number of nitrogens with zero attached hydrogens (tertiary/aromatic N) is 1. The summed E-state index contributed by atoms with van der Waals surface area (Å²) in [5.41, 5.74) is -13.3. The molecule has 2 N–H and O–H groups in total. The number of carbonyl (C=O) groups excluding carboxylic acids is 1. The first kappa shape index (κ1) is 29.4. The number of nitrogens with one attached hydrogen (secondary N) is 2. The second-order valence-electron chi connectivity index (χ2n) is 6.99. The molecule has 2 aromatic rings. The Morgan fingerprint density at radius 1 is 0.972 bits per heavy atom. The SMILES string of the molecule is N#CCCNc1cccc(C(=O)Nc2c(I)cc(C(F)(C(F)(F)F)C(F)(F)F)cc2C(F)(F)F)c1F. The van der Waals surface area contributed by atoms with Gasteiger partial charge in [0.2, 0.25) is 0 Å². The van der Waals surface area contributed by atoms with Crippen LogP contribution >= 0.6 is 22.6 Å². The van der Waals surface area contributed by atoms with E-state index in [2.05, 4.69) is 5.32 Å². The lowest BCUT2D eigenvalue weighted by Gasteiger charge is -2.31. The predicted molar refractivity (Wildman–Crippen MR) is 112 cm³/mol. The van der Waals surface area contributed by atoms with Crippen molar-refractivity contribution < 1.29 is 53.1 Å². The van der Waals surface area contributed by atoms with Crippen molar-refractivity contribution in [2.45, 2.75) is 30.6 Å². The molecule has 36 heavy (non-hydrogen) atoms. The molecule has 0 saturated carbocycles. The van der Waals surface area contributed by atoms with E-state index in [9.17, 15) is 53.1 Å². The van der Waals surface area contributed by atoms with Gasteiger partial charge in [0, 0.05) is 15.7 Å². The second kappa shape index (κ2) is 10.3. The molecule has 4 nitrogen and oxygen atoms in total. The molecule has 0 aliphatic rings. The maximum Gasteiger partial charge on any atom is 0.435 e. The minimum Gasteiger partial charge on any atom is -0.382 e. The summed E-state index contributed by atoms with van der Waals surface area (Å²) in [7, 11) is 0. The van der Waals surface area contributed by atoms with E-state index in [0.717, 1.165) is 40.8 Å². The molecule has 0 fully saturated rings. The smallest absolute Gasteiger partial charge is 0.382 e. The lowest BCUT2D eigenvalue weighted by molar-refractivity contribution is -0.348. The highest BCUT2D eigenvalue weighted by Gasteiger charge is 2.73. The van der Waals surface area contributed by atoms with Gasteiger partial charge < -0.3 is 10.6 Å². The molecule has 1 amide bonds. The molecule has 0 aromatic heterocycles. The first-order chi connectivity index (χ1) is 16.4. The van der Waals surface area contributed by atoms with Gasteiger partial charge in [-0.15, -0.1) is 0 Å². The fraction of sp³-hybridized carbons (Fsp3) is 0.300. The van der Waals surface area contributed by atoms with Gasteiger partial charge in [0.15, 0.2) is 5.82 Å². The Labute approximate surface area is 208 Å². The third kappa shape index (κ3) is 5.76. The standard InChI is InChI=1S/C20H11F11IN3O/c21-14-10(3-1-4-13(14)34-6-2-5-33)16(36)35-15-11(18(23,24)25)7-9(8-12(15)32)17(22,19(26,27)28)20(29,30)31/h1,3-4,7-8,34H,2,6H2,(H,35,36). The van der Waals surface area contributed by atoms with E-state index in [-0.39, 0.29) is 24.7 Å². The van der Waals surface area contributed by atoms with Gasteiger partial charge in [-0.1, -0.05) is 6.07 Å². The number of nitriles is 1. The van der Waals surface area contributed by atoms with Crippen molar-refractivity contribution in [2.24, 2.45) is 0 Å². The van der Waals surface area contributed by atoms with Gasteiger partial charge in [-0.05, 0) is 46.9 Å². The average molecular weight is 645 g/mol. The van der Waals surface area contributed by atoms with Gasteiger partial charge in [0.1, 0.15) is 0 Å². The molecule has 196 valence electrons. The number of halogens is 12. The number of carbonyl (C=O) groups is 1. The van der Waals surface area contributed by atoms with Crippen LogP contribution in [0.2, 0.25) is 0 Å². The van der Waals surface area contributed by atoms with Crippen LogP contribution in [0.4, 0.5) is 59.7 Å². The predicted octanol–water partition coefficient (Wildman–Crippen LogP) is 7.32. The lowest BCUT2D eigenvalue weighted by Crippen LogP contribution is -2.50. The van der Waals surface area contributed by atoms with Crippen molar-refractivity contribution in [3.05, 3.63) is 56.4 Å². The van der Waals surface area contributed by atoms with E-state index in [1.54, 1.807) is 11.4 Å². The number of hydrogen-bond acceptors (Lipinski definition) is 3. The average Bonchev–Trinajstić information content (AvgIpc) is 2.73. The van der Waals surface area contributed by atoms with Crippen LogP contribution in [0, 0.1) is 20.7 Å². The van der Waals surface area contributed by atoms with E-state index in [0.29, 0.717) is 0 Å². The van der Waals surface area contributed by atoms with Crippen LogP contribution in [0.1, 0.15) is 27.9 Å². The topological polar surface area (TPSA) is 64.9 Å². The molecule has 0 atom stereocenters. The summed E-state index contributed by atoms with van der Waals surface area (Å²) in [4.78, 5) is 12.5. The van der Waals surface area contributed by atoms with Crippen molar-refractivity contribution >= 4 is 39.9 Å². The van der Waals surface area contributed by atoms with Crippen LogP contribution in [0.15, 0.2) is 30.3 Å². The van der Waals surface area contributed by atoms with E-state index in [1.165, 1.54) is 0 Å². The second-order valence-corrected chi connectivity index (χ2v) is 8.15. The highest BCUT2D eigenvalue weighted by atomic mass is 127. The summed E-state index contributed by atoms with van der Waals surface area (Å²) >= 11 is 0.886. The number of alkyl halides is 10. The first-order valence-corrected chi connectivity index (χ1v) is 10.4. The molecular weight excluding hydrogens is 634 g/mol. The van der Waals surface area contributed by atoms with Gasteiger partial charge in [0.05, 0.1) is 35.0 Å². The van der Waals surface area contributed by atoms with Gasteiger partial charge in [0.25, 0.3) is 5.91 Å². The first-order valence-electron chi connectivity index (χ1n) is 9.30. The maximum atomic E-state index is 14.6. The zero-order chi connectivity index (χ0) is 27.7. The quantitative estimate of drug-likeness (QED) is 0.197. The monoisotopic (exact) mass is 645 g/mol. The molecule has 16 heteroatoms. The molecule has 0 aliphatic heterocycles. The highest BCUT2D eigenvalue weighted by molar-refractivity contribution is 14.1. The highest BCUT2D eigenvalue weighted by Crippen LogP contribution is 2.54. The molecule has 0 aliphatic carbocycles. The number of hydrogen-bond donors (Lipinski definition) is 2. The van der Waals surface area contributed by atoms with Crippen LogP contribution in [0.25, 0.3) is 0 Å². The Morgan fingerprint density at radius 3 is 2.06 bits per heavy atom. The summed E-state index contributed by atoms with van der Waals surface area (Å²) < 4.78 is 147. The van der Waals surface area contributed by atoms with E-state index in [1.807, 2.05) is 0 Å². The minimum atomic E-state index is -6.68. The van der Waals surface area contributed by atoms with Gasteiger partial charge in [-0.25, -0.2) is 8.78 Å². The van der Waals surface area contributed by atoms with Crippen molar-refractivity contribution in [3.8, 4) is 6.07 Å².